The summed E-state index contributed by atoms with van der Waals surface area (Å²) in [5, 5.41) is 19.8. The summed E-state index contributed by atoms with van der Waals surface area (Å²) < 4.78 is 0. The molecule has 1 saturated heterocycles. The number of aliphatic hydroxyl groups is 1. The zero-order chi connectivity index (χ0) is 16.9. The summed E-state index contributed by atoms with van der Waals surface area (Å²) in [7, 11) is 0. The van der Waals surface area contributed by atoms with Crippen LogP contribution in [0.2, 0.25) is 0 Å². The minimum absolute atomic E-state index is 0.0598. The van der Waals surface area contributed by atoms with E-state index in [1.54, 1.807) is 6.08 Å². The number of carbonyl (C=O) groups excluding carboxylic acids is 1. The molecule has 0 saturated carbocycles. The topological polar surface area (TPSA) is 77.8 Å². The summed E-state index contributed by atoms with van der Waals surface area (Å²) in [6.07, 6.45) is 3.54. The van der Waals surface area contributed by atoms with Crippen LogP contribution in [0.3, 0.4) is 0 Å². The van der Waals surface area contributed by atoms with Crippen LogP contribution in [0, 0.1) is 5.41 Å². The lowest BCUT2D eigenvalue weighted by Gasteiger charge is -2.42. The Hall–Kier alpha value is -2.14. The molecule has 0 spiro atoms. The predicted molar refractivity (Wildman–Crippen MR) is 87.7 cm³/mol. The van der Waals surface area contributed by atoms with Gasteiger partial charge in [0.25, 0.3) is 0 Å². The third kappa shape index (κ3) is 3.79. The quantitative estimate of drug-likeness (QED) is 0.816. The first kappa shape index (κ1) is 17.2. The number of aliphatic hydroxyl groups excluding tert-OH is 1. The number of hydrogen-bond acceptors (Lipinski definition) is 3. The number of rotatable bonds is 5. The number of β-amino-alcohol motifs (C(OH)–C–C–N with tert-alkyl or cyclic N) is 1. The average molecular weight is 317 g/mol. The summed E-state index contributed by atoms with van der Waals surface area (Å²) in [6.45, 7) is 2.31. The Morgan fingerprint density at radius 2 is 2.04 bits per heavy atom. The number of hydrogen-bond donors (Lipinski definition) is 2. The van der Waals surface area contributed by atoms with Crippen molar-refractivity contribution >= 4 is 18.0 Å². The van der Waals surface area contributed by atoms with E-state index in [-0.39, 0.29) is 18.9 Å². The van der Waals surface area contributed by atoms with Crippen LogP contribution in [0.25, 0.3) is 6.08 Å². The Morgan fingerprint density at radius 3 is 2.61 bits per heavy atom. The second-order valence-corrected chi connectivity index (χ2v) is 6.01. The molecule has 0 unspecified atom stereocenters. The Kier molecular flexibility index (Phi) is 5.55. The maximum absolute atomic E-state index is 12.2. The monoisotopic (exact) mass is 317 g/mol. The fourth-order valence-corrected chi connectivity index (χ4v) is 3.11. The van der Waals surface area contributed by atoms with Gasteiger partial charge in [-0.1, -0.05) is 43.7 Å². The minimum atomic E-state index is -1.13. The van der Waals surface area contributed by atoms with Crippen LogP contribution in [0.4, 0.5) is 0 Å². The van der Waals surface area contributed by atoms with Crippen LogP contribution < -0.4 is 0 Å². The van der Waals surface area contributed by atoms with E-state index in [0.717, 1.165) is 5.56 Å². The summed E-state index contributed by atoms with van der Waals surface area (Å²) in [4.78, 5) is 25.3. The van der Waals surface area contributed by atoms with Crippen molar-refractivity contribution in [1.82, 2.24) is 4.90 Å². The number of piperidine rings is 1. The lowest BCUT2D eigenvalue weighted by Crippen LogP contribution is -2.55. The maximum atomic E-state index is 12.2. The van der Waals surface area contributed by atoms with E-state index in [2.05, 4.69) is 0 Å². The molecule has 0 bridgehead atoms. The standard InChI is InChI=1S/C18H23NO4/c1-2-10-18(17(22)23)11-12-19(13-15(18)20)16(21)9-8-14-6-4-3-5-7-14/h3-9,15,20H,2,10-13H2,1H3,(H,22,23)/b9-8+/t15-,18+/m1/s1. The van der Waals surface area contributed by atoms with E-state index >= 15 is 0 Å². The molecule has 1 aromatic carbocycles. The van der Waals surface area contributed by atoms with Crippen molar-refractivity contribution in [2.75, 3.05) is 13.1 Å². The lowest BCUT2D eigenvalue weighted by molar-refractivity contribution is -0.166. The highest BCUT2D eigenvalue weighted by molar-refractivity contribution is 5.92. The highest BCUT2D eigenvalue weighted by Gasteiger charge is 2.48. The van der Waals surface area contributed by atoms with Crippen LogP contribution in [-0.2, 0) is 9.59 Å². The van der Waals surface area contributed by atoms with Gasteiger partial charge in [-0.15, -0.1) is 0 Å². The van der Waals surface area contributed by atoms with Crippen molar-refractivity contribution in [2.24, 2.45) is 5.41 Å². The normalized spacial score (nSPS) is 24.8. The molecular weight excluding hydrogens is 294 g/mol. The van der Waals surface area contributed by atoms with Gasteiger partial charge in [0, 0.05) is 19.2 Å². The lowest BCUT2D eigenvalue weighted by atomic mass is 9.73. The number of benzene rings is 1. The zero-order valence-corrected chi connectivity index (χ0v) is 13.3. The molecule has 1 heterocycles. The van der Waals surface area contributed by atoms with Gasteiger partial charge in [-0.2, -0.15) is 0 Å². The van der Waals surface area contributed by atoms with Crippen molar-refractivity contribution in [1.29, 1.82) is 0 Å². The molecule has 124 valence electrons. The zero-order valence-electron chi connectivity index (χ0n) is 13.3. The number of likely N-dealkylation sites (tertiary alicyclic amines) is 1. The highest BCUT2D eigenvalue weighted by atomic mass is 16.4. The van der Waals surface area contributed by atoms with E-state index in [0.29, 0.717) is 19.4 Å². The second-order valence-electron chi connectivity index (χ2n) is 6.01. The van der Waals surface area contributed by atoms with Crippen molar-refractivity contribution in [3.8, 4) is 0 Å². The number of amides is 1. The van der Waals surface area contributed by atoms with E-state index in [1.165, 1.54) is 11.0 Å². The smallest absolute Gasteiger partial charge is 0.312 e. The molecule has 1 aliphatic rings. The van der Waals surface area contributed by atoms with Gasteiger partial charge in [-0.25, -0.2) is 0 Å². The number of carboxylic acid groups (broad SMARTS) is 1. The Morgan fingerprint density at radius 1 is 1.35 bits per heavy atom. The molecule has 5 nitrogen and oxygen atoms in total. The van der Waals surface area contributed by atoms with E-state index in [1.807, 2.05) is 37.3 Å². The van der Waals surface area contributed by atoms with Gasteiger partial charge < -0.3 is 15.1 Å². The Labute approximate surface area is 136 Å². The summed E-state index contributed by atoms with van der Waals surface area (Å²) in [6, 6.07) is 9.47. The summed E-state index contributed by atoms with van der Waals surface area (Å²) >= 11 is 0. The molecule has 23 heavy (non-hydrogen) atoms. The van der Waals surface area contributed by atoms with Crippen LogP contribution in [-0.4, -0.2) is 46.2 Å². The molecule has 2 atom stereocenters. The maximum Gasteiger partial charge on any atom is 0.312 e. The number of carbonyl (C=O) groups is 2. The van der Waals surface area contributed by atoms with Crippen molar-refractivity contribution in [3.63, 3.8) is 0 Å². The van der Waals surface area contributed by atoms with Gasteiger partial charge in [0.2, 0.25) is 5.91 Å². The third-order valence-electron chi connectivity index (χ3n) is 4.51. The number of carboxylic acids is 1. The summed E-state index contributed by atoms with van der Waals surface area (Å²) in [5.74, 6) is -1.18. The van der Waals surface area contributed by atoms with Crippen LogP contribution in [0.15, 0.2) is 36.4 Å². The second kappa shape index (κ2) is 7.42. The molecule has 2 rings (SSSR count). The fraction of sp³-hybridized carbons (Fsp3) is 0.444. The SMILES string of the molecule is CCC[C@]1(C(=O)O)CCN(C(=O)/C=C/c2ccccc2)C[C@H]1O. The Bertz CT molecular complexity index is 584. The van der Waals surface area contributed by atoms with Gasteiger partial charge in [0.1, 0.15) is 0 Å². The first-order valence-electron chi connectivity index (χ1n) is 7.93. The van der Waals surface area contributed by atoms with Crippen molar-refractivity contribution < 1.29 is 19.8 Å². The minimum Gasteiger partial charge on any atom is -0.481 e. The Balaban J connectivity index is 2.03. The largest absolute Gasteiger partial charge is 0.481 e. The van der Waals surface area contributed by atoms with Crippen molar-refractivity contribution in [3.05, 3.63) is 42.0 Å². The number of aliphatic carboxylic acids is 1. The van der Waals surface area contributed by atoms with Crippen LogP contribution in [0.5, 0.6) is 0 Å². The first-order chi connectivity index (χ1) is 11.0. The molecule has 5 heteroatoms. The van der Waals surface area contributed by atoms with Crippen molar-refractivity contribution in [2.45, 2.75) is 32.3 Å². The van der Waals surface area contributed by atoms with Gasteiger partial charge >= 0.3 is 5.97 Å². The molecule has 1 amide bonds. The molecule has 0 radical (unpaired) electrons. The van der Waals surface area contributed by atoms with Gasteiger partial charge in [-0.3, -0.25) is 9.59 Å². The van der Waals surface area contributed by atoms with Gasteiger partial charge in [0.05, 0.1) is 11.5 Å². The third-order valence-corrected chi connectivity index (χ3v) is 4.51. The molecule has 1 fully saturated rings. The van der Waals surface area contributed by atoms with Gasteiger partial charge in [-0.05, 0) is 24.5 Å². The molecule has 0 aliphatic carbocycles. The van der Waals surface area contributed by atoms with E-state index in [9.17, 15) is 19.8 Å². The predicted octanol–water partition coefficient (Wildman–Crippen LogP) is 2.16. The average Bonchev–Trinajstić information content (AvgIpc) is 2.55. The molecule has 1 aliphatic heterocycles. The number of nitrogens with zero attached hydrogens (tertiary/aromatic N) is 1. The van der Waals surface area contributed by atoms with Crippen LogP contribution in [0.1, 0.15) is 31.7 Å². The van der Waals surface area contributed by atoms with Gasteiger partial charge in [0.15, 0.2) is 0 Å². The molecule has 1 aromatic rings. The first-order valence-corrected chi connectivity index (χ1v) is 7.93. The molecule has 2 N–H and O–H groups in total. The van der Waals surface area contributed by atoms with Crippen LogP contribution >= 0.6 is 0 Å². The fourth-order valence-electron chi connectivity index (χ4n) is 3.11. The highest BCUT2D eigenvalue weighted by Crippen LogP contribution is 2.37. The molecular formula is C18H23NO4. The van der Waals surface area contributed by atoms with E-state index in [4.69, 9.17) is 0 Å². The van der Waals surface area contributed by atoms with E-state index < -0.39 is 17.5 Å². The molecule has 0 aromatic heterocycles. The summed E-state index contributed by atoms with van der Waals surface area (Å²) in [5.41, 5.74) is -0.210.